The van der Waals surface area contributed by atoms with Crippen molar-refractivity contribution < 1.29 is 31.8 Å². The van der Waals surface area contributed by atoms with Crippen LogP contribution < -0.4 is 14.2 Å². The molecule has 27 heavy (non-hydrogen) atoms. The van der Waals surface area contributed by atoms with Crippen molar-refractivity contribution in [2.24, 2.45) is 0 Å². The molecule has 0 spiro atoms. The van der Waals surface area contributed by atoms with E-state index >= 15 is 0 Å². The van der Waals surface area contributed by atoms with Crippen LogP contribution in [0.15, 0.2) is 47.4 Å². The highest BCUT2D eigenvalue weighted by Gasteiger charge is 2.25. The maximum absolute atomic E-state index is 13.2. The quantitative estimate of drug-likeness (QED) is 0.688. The average Bonchev–Trinajstić information content (AvgIpc) is 2.67. The molecule has 146 valence electrons. The van der Waals surface area contributed by atoms with Crippen molar-refractivity contribution in [1.82, 2.24) is 4.72 Å². The number of hydrogen-bond acceptors (Lipinski definition) is 6. The largest absolute Gasteiger partial charge is 0.493 e. The van der Waals surface area contributed by atoms with E-state index in [9.17, 15) is 17.6 Å². The Bertz CT molecular complexity index is 899. The van der Waals surface area contributed by atoms with Gasteiger partial charge >= 0.3 is 5.97 Å². The van der Waals surface area contributed by atoms with Crippen molar-refractivity contribution in [2.45, 2.75) is 17.4 Å². The summed E-state index contributed by atoms with van der Waals surface area (Å²) in [6.45, 7) is 0. The van der Waals surface area contributed by atoms with E-state index in [-0.39, 0.29) is 17.1 Å². The molecule has 0 fully saturated rings. The zero-order chi connectivity index (χ0) is 20.0. The normalized spacial score (nSPS) is 12.3. The third kappa shape index (κ3) is 5.18. The highest BCUT2D eigenvalue weighted by atomic mass is 32.2. The van der Waals surface area contributed by atoms with E-state index in [4.69, 9.17) is 9.47 Å². The second kappa shape index (κ2) is 8.83. The van der Waals surface area contributed by atoms with Gasteiger partial charge in [0.1, 0.15) is 5.82 Å². The van der Waals surface area contributed by atoms with Crippen molar-refractivity contribution in [3.8, 4) is 11.5 Å². The lowest BCUT2D eigenvalue weighted by Crippen LogP contribution is -2.30. The minimum atomic E-state index is -4.02. The van der Waals surface area contributed by atoms with Gasteiger partial charge in [-0.05, 0) is 29.8 Å². The third-order valence-electron chi connectivity index (χ3n) is 3.83. The Balaban J connectivity index is 2.37. The molecular weight excluding hydrogens is 377 g/mol. The fraction of sp³-hybridized carbons (Fsp3) is 0.278. The van der Waals surface area contributed by atoms with Gasteiger partial charge in [0.2, 0.25) is 10.0 Å². The molecule has 0 amide bonds. The number of nitrogens with one attached hydrogen (secondary N) is 1. The average molecular weight is 397 g/mol. The monoisotopic (exact) mass is 397 g/mol. The van der Waals surface area contributed by atoms with Crippen LogP contribution in [0.3, 0.4) is 0 Å². The van der Waals surface area contributed by atoms with Gasteiger partial charge < -0.3 is 14.2 Å². The van der Waals surface area contributed by atoms with Crippen LogP contribution in [0.2, 0.25) is 0 Å². The lowest BCUT2D eigenvalue weighted by molar-refractivity contribution is -0.141. The Morgan fingerprint density at radius 2 is 1.67 bits per heavy atom. The van der Waals surface area contributed by atoms with Crippen LogP contribution in [-0.4, -0.2) is 35.7 Å². The number of carbonyl (C=O) groups excluding carboxylic acids is 1. The first kappa shape index (κ1) is 20.7. The molecule has 0 aliphatic heterocycles. The number of ether oxygens (including phenoxy) is 3. The van der Waals surface area contributed by atoms with Gasteiger partial charge in [0.05, 0.1) is 38.7 Å². The number of esters is 1. The summed E-state index contributed by atoms with van der Waals surface area (Å²) in [5.74, 6) is -0.467. The summed E-state index contributed by atoms with van der Waals surface area (Å²) >= 11 is 0. The van der Waals surface area contributed by atoms with Crippen molar-refractivity contribution >= 4 is 16.0 Å². The number of benzene rings is 2. The van der Waals surface area contributed by atoms with Crippen molar-refractivity contribution in [2.75, 3.05) is 21.3 Å². The topological polar surface area (TPSA) is 90.9 Å². The Morgan fingerprint density at radius 1 is 1.04 bits per heavy atom. The molecule has 0 heterocycles. The number of sulfonamides is 1. The van der Waals surface area contributed by atoms with Crippen LogP contribution in [0.1, 0.15) is 18.0 Å². The second-order valence-electron chi connectivity index (χ2n) is 5.52. The lowest BCUT2D eigenvalue weighted by Gasteiger charge is -2.19. The van der Waals surface area contributed by atoms with Crippen molar-refractivity contribution in [3.05, 3.63) is 53.8 Å². The summed E-state index contributed by atoms with van der Waals surface area (Å²) in [5.41, 5.74) is 0.422. The fourth-order valence-electron chi connectivity index (χ4n) is 2.41. The SMILES string of the molecule is COC(=O)C[C@H](NS(=O)(=O)c1ccc(OC)c(OC)c1)c1ccc(F)cc1. The highest BCUT2D eigenvalue weighted by Crippen LogP contribution is 2.30. The molecule has 7 nitrogen and oxygen atoms in total. The Labute approximate surface area is 157 Å². The molecule has 0 bridgehead atoms. The number of rotatable bonds is 8. The van der Waals surface area contributed by atoms with Crippen LogP contribution in [0.25, 0.3) is 0 Å². The second-order valence-corrected chi connectivity index (χ2v) is 7.24. The van der Waals surface area contributed by atoms with Gasteiger partial charge in [-0.1, -0.05) is 12.1 Å². The van der Waals surface area contributed by atoms with Crippen molar-refractivity contribution in [3.63, 3.8) is 0 Å². The molecular formula is C18H20FNO6S. The number of hydrogen-bond donors (Lipinski definition) is 1. The van der Waals surface area contributed by atoms with E-state index in [0.29, 0.717) is 11.3 Å². The van der Waals surface area contributed by atoms with Gasteiger partial charge in [-0.2, -0.15) is 0 Å². The molecule has 0 unspecified atom stereocenters. The Morgan fingerprint density at radius 3 is 2.22 bits per heavy atom. The van der Waals surface area contributed by atoms with Gasteiger partial charge in [0.25, 0.3) is 0 Å². The molecule has 0 radical (unpaired) electrons. The number of carbonyl (C=O) groups is 1. The number of halogens is 1. The third-order valence-corrected chi connectivity index (χ3v) is 5.30. The summed E-state index contributed by atoms with van der Waals surface area (Å²) in [6.07, 6.45) is -0.255. The van der Waals surface area contributed by atoms with E-state index < -0.39 is 27.9 Å². The Kier molecular flexibility index (Phi) is 6.75. The molecule has 0 aliphatic rings. The van der Waals surface area contributed by atoms with E-state index in [2.05, 4.69) is 9.46 Å². The first-order valence-electron chi connectivity index (χ1n) is 7.87. The molecule has 9 heteroatoms. The molecule has 1 N–H and O–H groups in total. The zero-order valence-corrected chi connectivity index (χ0v) is 15.9. The molecule has 0 aromatic heterocycles. The van der Waals surface area contributed by atoms with Gasteiger partial charge in [-0.3, -0.25) is 4.79 Å². The smallest absolute Gasteiger partial charge is 0.307 e. The summed E-state index contributed by atoms with van der Waals surface area (Å²) in [7, 11) is 0.00987. The molecule has 0 saturated heterocycles. The fourth-order valence-corrected chi connectivity index (χ4v) is 3.65. The summed E-state index contributed by atoms with van der Waals surface area (Å²) in [6, 6.07) is 8.36. The van der Waals surface area contributed by atoms with Crippen LogP contribution in [0.5, 0.6) is 11.5 Å². The van der Waals surface area contributed by atoms with Gasteiger partial charge in [0, 0.05) is 6.07 Å². The van der Waals surface area contributed by atoms with Crippen LogP contribution >= 0.6 is 0 Å². The Hall–Kier alpha value is -2.65. The molecule has 0 aliphatic carbocycles. The van der Waals surface area contributed by atoms with E-state index in [1.807, 2.05) is 0 Å². The van der Waals surface area contributed by atoms with Crippen molar-refractivity contribution in [1.29, 1.82) is 0 Å². The van der Waals surface area contributed by atoms with E-state index in [1.54, 1.807) is 0 Å². The van der Waals surface area contributed by atoms with E-state index in [1.165, 1.54) is 63.8 Å². The predicted molar refractivity (Wildman–Crippen MR) is 95.6 cm³/mol. The molecule has 2 rings (SSSR count). The maximum Gasteiger partial charge on any atom is 0.307 e. The lowest BCUT2D eigenvalue weighted by atomic mass is 10.1. The maximum atomic E-state index is 13.2. The van der Waals surface area contributed by atoms with Crippen LogP contribution in [0, 0.1) is 5.82 Å². The van der Waals surface area contributed by atoms with Crippen LogP contribution in [0.4, 0.5) is 4.39 Å². The summed E-state index contributed by atoms with van der Waals surface area (Å²) in [5, 5.41) is 0. The minimum Gasteiger partial charge on any atom is -0.493 e. The van der Waals surface area contributed by atoms with Gasteiger partial charge in [0.15, 0.2) is 11.5 Å². The zero-order valence-electron chi connectivity index (χ0n) is 15.1. The summed E-state index contributed by atoms with van der Waals surface area (Å²) < 4.78 is 56.1. The van der Waals surface area contributed by atoms with Gasteiger partial charge in [-0.15, -0.1) is 0 Å². The van der Waals surface area contributed by atoms with Gasteiger partial charge in [-0.25, -0.2) is 17.5 Å². The first-order valence-corrected chi connectivity index (χ1v) is 9.35. The predicted octanol–water partition coefficient (Wildman–Crippen LogP) is 2.43. The molecule has 0 saturated carbocycles. The standard InChI is InChI=1S/C18H20FNO6S/c1-24-16-9-8-14(10-17(16)25-2)27(22,23)20-15(11-18(21)26-3)12-4-6-13(19)7-5-12/h4-10,15,20H,11H2,1-3H3/t15-/m0/s1. The molecule has 1 atom stereocenters. The first-order chi connectivity index (χ1) is 12.8. The molecule has 2 aromatic carbocycles. The summed E-state index contributed by atoms with van der Waals surface area (Å²) in [4.78, 5) is 11.6. The minimum absolute atomic E-state index is 0.0721. The highest BCUT2D eigenvalue weighted by molar-refractivity contribution is 7.89. The van der Waals surface area contributed by atoms with E-state index in [0.717, 1.165) is 0 Å². The molecule has 2 aromatic rings. The number of methoxy groups -OCH3 is 3. The van der Waals surface area contributed by atoms with Crippen LogP contribution in [-0.2, 0) is 19.6 Å².